The molecular formula is C12H18N2O4S. The smallest absolute Gasteiger partial charge is 0.221 e. The SMILES string of the molecule is CS(=O)(=O)CCC(=O)NCCOc1cccc(N)c1. The second-order valence-corrected chi connectivity index (χ2v) is 6.41. The normalized spacial score (nSPS) is 11.0. The van der Waals surface area contributed by atoms with Crippen LogP contribution in [-0.4, -0.2) is 39.5 Å². The van der Waals surface area contributed by atoms with E-state index in [4.69, 9.17) is 10.5 Å². The highest BCUT2D eigenvalue weighted by molar-refractivity contribution is 7.90. The van der Waals surface area contributed by atoms with Crippen LogP contribution in [0.1, 0.15) is 6.42 Å². The summed E-state index contributed by atoms with van der Waals surface area (Å²) in [6.07, 6.45) is 1.07. The first-order chi connectivity index (χ1) is 8.87. The van der Waals surface area contributed by atoms with E-state index in [0.29, 0.717) is 24.6 Å². The Hall–Kier alpha value is -1.76. The van der Waals surface area contributed by atoms with Crippen LogP contribution in [0.25, 0.3) is 0 Å². The minimum Gasteiger partial charge on any atom is -0.492 e. The summed E-state index contributed by atoms with van der Waals surface area (Å²) < 4.78 is 27.1. The number of carbonyl (C=O) groups excluding carboxylic acids is 1. The van der Waals surface area contributed by atoms with Crippen LogP contribution >= 0.6 is 0 Å². The molecule has 0 atom stereocenters. The Labute approximate surface area is 112 Å². The number of ether oxygens (including phenoxy) is 1. The lowest BCUT2D eigenvalue weighted by Crippen LogP contribution is -2.29. The van der Waals surface area contributed by atoms with E-state index in [-0.39, 0.29) is 18.1 Å². The number of rotatable bonds is 7. The number of hydrogen-bond donors (Lipinski definition) is 2. The molecule has 7 heteroatoms. The molecule has 1 amide bonds. The fourth-order valence-electron chi connectivity index (χ4n) is 1.33. The minimum absolute atomic E-state index is 0.0306. The van der Waals surface area contributed by atoms with Gasteiger partial charge in [-0.05, 0) is 12.1 Å². The third-order valence-electron chi connectivity index (χ3n) is 2.25. The van der Waals surface area contributed by atoms with Gasteiger partial charge in [-0.1, -0.05) is 6.07 Å². The summed E-state index contributed by atoms with van der Waals surface area (Å²) >= 11 is 0. The quantitative estimate of drug-likeness (QED) is 0.551. The van der Waals surface area contributed by atoms with Crippen LogP contribution in [0.3, 0.4) is 0 Å². The van der Waals surface area contributed by atoms with Gasteiger partial charge in [0.15, 0.2) is 0 Å². The van der Waals surface area contributed by atoms with Gasteiger partial charge in [-0.15, -0.1) is 0 Å². The molecule has 0 heterocycles. The zero-order valence-corrected chi connectivity index (χ0v) is 11.6. The van der Waals surface area contributed by atoms with Crippen LogP contribution < -0.4 is 15.8 Å². The molecule has 0 aliphatic carbocycles. The average Bonchev–Trinajstić information content (AvgIpc) is 2.31. The van der Waals surface area contributed by atoms with Crippen LogP contribution in [0.15, 0.2) is 24.3 Å². The topological polar surface area (TPSA) is 98.5 Å². The van der Waals surface area contributed by atoms with Crippen LogP contribution in [0.5, 0.6) is 5.75 Å². The van der Waals surface area contributed by atoms with E-state index in [1.807, 2.05) is 0 Å². The molecule has 0 bridgehead atoms. The summed E-state index contributed by atoms with van der Waals surface area (Å²) in [5.41, 5.74) is 6.19. The largest absolute Gasteiger partial charge is 0.492 e. The molecule has 1 aromatic carbocycles. The summed E-state index contributed by atoms with van der Waals surface area (Å²) in [4.78, 5) is 11.3. The van der Waals surface area contributed by atoms with E-state index in [1.54, 1.807) is 24.3 Å². The summed E-state index contributed by atoms with van der Waals surface area (Å²) in [6, 6.07) is 6.97. The highest BCUT2D eigenvalue weighted by Crippen LogP contribution is 2.13. The molecule has 0 saturated carbocycles. The van der Waals surface area contributed by atoms with Crippen LogP contribution in [-0.2, 0) is 14.6 Å². The number of nitrogens with two attached hydrogens (primary N) is 1. The molecule has 6 nitrogen and oxygen atoms in total. The van der Waals surface area contributed by atoms with E-state index in [2.05, 4.69) is 5.32 Å². The lowest BCUT2D eigenvalue weighted by molar-refractivity contribution is -0.120. The molecule has 1 aromatic rings. The van der Waals surface area contributed by atoms with Gasteiger partial charge in [0.2, 0.25) is 5.91 Å². The van der Waals surface area contributed by atoms with Crippen molar-refractivity contribution in [3.8, 4) is 5.75 Å². The lowest BCUT2D eigenvalue weighted by atomic mass is 10.3. The standard InChI is InChI=1S/C12H18N2O4S/c1-19(16,17)8-5-12(15)14-6-7-18-11-4-2-3-10(13)9-11/h2-4,9H,5-8,13H2,1H3,(H,14,15). The Morgan fingerprint density at radius 2 is 2.16 bits per heavy atom. The van der Waals surface area contributed by atoms with E-state index < -0.39 is 9.84 Å². The van der Waals surface area contributed by atoms with Crippen LogP contribution in [0, 0.1) is 0 Å². The Kier molecular flexibility index (Phi) is 5.62. The predicted octanol–water partition coefficient (Wildman–Crippen LogP) is 0.199. The number of carbonyl (C=O) groups is 1. The van der Waals surface area contributed by atoms with Crippen molar-refractivity contribution in [2.45, 2.75) is 6.42 Å². The fourth-order valence-corrected chi connectivity index (χ4v) is 1.89. The van der Waals surface area contributed by atoms with Gasteiger partial charge in [0.25, 0.3) is 0 Å². The number of anilines is 1. The van der Waals surface area contributed by atoms with Gasteiger partial charge in [0.05, 0.1) is 12.3 Å². The third kappa shape index (κ3) is 7.30. The molecule has 106 valence electrons. The maximum atomic E-state index is 11.3. The van der Waals surface area contributed by atoms with Crippen LogP contribution in [0.2, 0.25) is 0 Å². The molecule has 0 radical (unpaired) electrons. The monoisotopic (exact) mass is 286 g/mol. The zero-order valence-electron chi connectivity index (χ0n) is 10.8. The second-order valence-electron chi connectivity index (χ2n) is 4.15. The van der Waals surface area contributed by atoms with Crippen molar-refractivity contribution in [3.05, 3.63) is 24.3 Å². The minimum atomic E-state index is -3.10. The van der Waals surface area contributed by atoms with Gasteiger partial charge in [0, 0.05) is 24.4 Å². The number of nitrogen functional groups attached to an aromatic ring is 1. The molecule has 0 unspecified atom stereocenters. The molecule has 0 saturated heterocycles. The van der Waals surface area contributed by atoms with Crippen molar-refractivity contribution in [2.75, 3.05) is 30.9 Å². The first kappa shape index (κ1) is 15.3. The third-order valence-corrected chi connectivity index (χ3v) is 3.20. The van der Waals surface area contributed by atoms with Gasteiger partial charge in [0.1, 0.15) is 22.2 Å². The van der Waals surface area contributed by atoms with E-state index in [9.17, 15) is 13.2 Å². The number of nitrogens with one attached hydrogen (secondary N) is 1. The maximum Gasteiger partial charge on any atom is 0.221 e. The number of hydrogen-bond acceptors (Lipinski definition) is 5. The van der Waals surface area contributed by atoms with Gasteiger partial charge < -0.3 is 15.8 Å². The van der Waals surface area contributed by atoms with Gasteiger partial charge in [-0.3, -0.25) is 4.79 Å². The molecular weight excluding hydrogens is 268 g/mol. The molecule has 1 rings (SSSR count). The Morgan fingerprint density at radius 1 is 1.42 bits per heavy atom. The van der Waals surface area contributed by atoms with Gasteiger partial charge in [-0.25, -0.2) is 8.42 Å². The molecule has 19 heavy (non-hydrogen) atoms. The molecule has 0 spiro atoms. The highest BCUT2D eigenvalue weighted by Gasteiger charge is 2.07. The van der Waals surface area contributed by atoms with Crippen molar-refractivity contribution < 1.29 is 17.9 Å². The maximum absolute atomic E-state index is 11.3. The van der Waals surface area contributed by atoms with Crippen molar-refractivity contribution in [2.24, 2.45) is 0 Å². The van der Waals surface area contributed by atoms with Crippen molar-refractivity contribution in [3.63, 3.8) is 0 Å². The Bertz CT molecular complexity index is 528. The summed E-state index contributed by atoms with van der Waals surface area (Å²) in [7, 11) is -3.10. The summed E-state index contributed by atoms with van der Waals surface area (Å²) in [6.45, 7) is 0.617. The molecule has 0 aromatic heterocycles. The molecule has 0 aliphatic rings. The predicted molar refractivity (Wildman–Crippen MR) is 73.7 cm³/mol. The van der Waals surface area contributed by atoms with E-state index >= 15 is 0 Å². The molecule has 0 fully saturated rings. The number of benzene rings is 1. The highest BCUT2D eigenvalue weighted by atomic mass is 32.2. The van der Waals surface area contributed by atoms with Crippen molar-refractivity contribution >= 4 is 21.4 Å². The Morgan fingerprint density at radius 3 is 2.79 bits per heavy atom. The Balaban J connectivity index is 2.19. The fraction of sp³-hybridized carbons (Fsp3) is 0.417. The summed E-state index contributed by atoms with van der Waals surface area (Å²) in [5, 5.41) is 2.58. The zero-order chi connectivity index (χ0) is 14.3. The average molecular weight is 286 g/mol. The summed E-state index contributed by atoms with van der Waals surface area (Å²) in [5.74, 6) is 0.182. The lowest BCUT2D eigenvalue weighted by Gasteiger charge is -2.08. The number of sulfone groups is 1. The van der Waals surface area contributed by atoms with E-state index in [0.717, 1.165) is 6.26 Å². The number of amides is 1. The first-order valence-electron chi connectivity index (χ1n) is 5.79. The van der Waals surface area contributed by atoms with Crippen molar-refractivity contribution in [1.29, 1.82) is 0 Å². The van der Waals surface area contributed by atoms with E-state index in [1.165, 1.54) is 0 Å². The second kappa shape index (κ2) is 6.98. The van der Waals surface area contributed by atoms with Gasteiger partial charge in [-0.2, -0.15) is 0 Å². The van der Waals surface area contributed by atoms with Crippen LogP contribution in [0.4, 0.5) is 5.69 Å². The first-order valence-corrected chi connectivity index (χ1v) is 7.85. The van der Waals surface area contributed by atoms with Gasteiger partial charge >= 0.3 is 0 Å². The van der Waals surface area contributed by atoms with Crippen molar-refractivity contribution in [1.82, 2.24) is 5.32 Å². The molecule has 3 N–H and O–H groups in total. The molecule has 0 aliphatic heterocycles.